The number of hydrogen-bond acceptors (Lipinski definition) is 2. The molecule has 1 aliphatic rings. The number of carboxylic acid groups (broad SMARTS) is 1. The topological polar surface area (TPSA) is 60.9 Å². The zero-order chi connectivity index (χ0) is 14.9. The number of para-hydroxylation sites is 1. The fraction of sp³-hybridized carbons (Fsp3) is 0.467. The Kier molecular flexibility index (Phi) is 3.70. The first-order valence-corrected chi connectivity index (χ1v) is 6.72. The number of hydrogen-bond donors (Lipinski definition) is 1. The third-order valence-corrected chi connectivity index (χ3v) is 3.91. The van der Waals surface area contributed by atoms with Gasteiger partial charge in [0.25, 0.3) is 0 Å². The Morgan fingerprint density at radius 3 is 2.50 bits per heavy atom. The maximum Gasteiger partial charge on any atom is 0.337 e. The van der Waals surface area contributed by atoms with E-state index in [4.69, 9.17) is 0 Å². The molecule has 5 heteroatoms. The Morgan fingerprint density at radius 2 is 1.95 bits per heavy atom. The van der Waals surface area contributed by atoms with Crippen LogP contribution in [-0.4, -0.2) is 41.1 Å². The molecule has 0 radical (unpaired) electrons. The molecule has 1 N–H and O–H groups in total. The van der Waals surface area contributed by atoms with Crippen LogP contribution in [0.25, 0.3) is 0 Å². The maximum absolute atomic E-state index is 12.6. The number of carbonyl (C=O) groups excluding carboxylic acids is 1. The number of urea groups is 1. The number of rotatable bonds is 2. The van der Waals surface area contributed by atoms with Gasteiger partial charge in [0.15, 0.2) is 0 Å². The third-order valence-electron chi connectivity index (χ3n) is 3.91. The van der Waals surface area contributed by atoms with Crippen LogP contribution in [0, 0.1) is 0 Å². The van der Waals surface area contributed by atoms with E-state index in [9.17, 15) is 14.7 Å². The number of carbonyl (C=O) groups is 2. The Morgan fingerprint density at radius 1 is 1.30 bits per heavy atom. The van der Waals surface area contributed by atoms with Gasteiger partial charge in [0.1, 0.15) is 0 Å². The van der Waals surface area contributed by atoms with Crippen molar-refractivity contribution in [3.63, 3.8) is 0 Å². The molecule has 0 spiro atoms. The van der Waals surface area contributed by atoms with E-state index in [1.165, 1.54) is 11.0 Å². The molecule has 5 nitrogen and oxygen atoms in total. The first-order valence-electron chi connectivity index (χ1n) is 6.72. The molecule has 2 rings (SSSR count). The van der Waals surface area contributed by atoms with Gasteiger partial charge in [0.05, 0.1) is 11.3 Å². The monoisotopic (exact) mass is 276 g/mol. The van der Waals surface area contributed by atoms with Gasteiger partial charge < -0.3 is 10.0 Å². The molecule has 0 atom stereocenters. The molecule has 0 aromatic heterocycles. The Bertz CT molecular complexity index is 540. The van der Waals surface area contributed by atoms with Crippen LogP contribution in [-0.2, 0) is 0 Å². The van der Waals surface area contributed by atoms with Gasteiger partial charge in [-0.3, -0.25) is 4.90 Å². The van der Waals surface area contributed by atoms with Crippen LogP contribution in [0.3, 0.4) is 0 Å². The van der Waals surface area contributed by atoms with E-state index in [1.54, 1.807) is 25.2 Å². The fourth-order valence-corrected chi connectivity index (χ4v) is 2.69. The van der Waals surface area contributed by atoms with E-state index >= 15 is 0 Å². The van der Waals surface area contributed by atoms with Crippen LogP contribution in [0.15, 0.2) is 24.3 Å². The van der Waals surface area contributed by atoms with Crippen LogP contribution in [0.4, 0.5) is 10.5 Å². The van der Waals surface area contributed by atoms with E-state index < -0.39 is 5.97 Å². The van der Waals surface area contributed by atoms with Crippen LogP contribution in [0.5, 0.6) is 0 Å². The highest BCUT2D eigenvalue weighted by Gasteiger charge is 2.37. The highest BCUT2D eigenvalue weighted by atomic mass is 16.4. The number of likely N-dealkylation sites (tertiary alicyclic amines) is 1. The zero-order valence-corrected chi connectivity index (χ0v) is 12.1. The van der Waals surface area contributed by atoms with Gasteiger partial charge in [-0.05, 0) is 38.8 Å². The average Bonchev–Trinajstić information content (AvgIpc) is 2.76. The van der Waals surface area contributed by atoms with Gasteiger partial charge in [-0.2, -0.15) is 0 Å². The van der Waals surface area contributed by atoms with Crippen molar-refractivity contribution in [3.05, 3.63) is 29.8 Å². The molecule has 1 heterocycles. The van der Waals surface area contributed by atoms with Crippen molar-refractivity contribution in [1.82, 2.24) is 4.90 Å². The summed E-state index contributed by atoms with van der Waals surface area (Å²) in [6, 6.07) is 6.41. The molecule has 2 amide bonds. The maximum atomic E-state index is 12.6. The number of nitrogens with zero attached hydrogens (tertiary/aromatic N) is 2. The van der Waals surface area contributed by atoms with E-state index in [2.05, 4.69) is 0 Å². The normalized spacial score (nSPS) is 17.1. The van der Waals surface area contributed by atoms with Gasteiger partial charge in [0.2, 0.25) is 0 Å². The predicted molar refractivity (Wildman–Crippen MR) is 77.2 cm³/mol. The molecule has 1 aromatic carbocycles. The third kappa shape index (κ3) is 2.48. The number of carboxylic acids is 1. The van der Waals surface area contributed by atoms with E-state index in [-0.39, 0.29) is 17.1 Å². The lowest BCUT2D eigenvalue weighted by molar-refractivity contribution is 0.0697. The van der Waals surface area contributed by atoms with Crippen LogP contribution in [0.1, 0.15) is 37.0 Å². The minimum atomic E-state index is -1.03. The van der Waals surface area contributed by atoms with Gasteiger partial charge in [-0.25, -0.2) is 9.59 Å². The highest BCUT2D eigenvalue weighted by Crippen LogP contribution is 2.30. The van der Waals surface area contributed by atoms with Gasteiger partial charge in [0, 0.05) is 19.1 Å². The van der Waals surface area contributed by atoms with E-state index in [1.807, 2.05) is 18.7 Å². The number of anilines is 1. The molecular formula is C15H20N2O3. The molecule has 1 saturated heterocycles. The van der Waals surface area contributed by atoms with Crippen molar-refractivity contribution in [3.8, 4) is 0 Å². The van der Waals surface area contributed by atoms with E-state index in [0.717, 1.165) is 12.8 Å². The SMILES string of the molecule is CN(C(=O)N1CCCC1(C)C)c1ccccc1C(=O)O. The first kappa shape index (κ1) is 14.4. The second-order valence-corrected chi connectivity index (χ2v) is 5.73. The Hall–Kier alpha value is -2.04. The minimum Gasteiger partial charge on any atom is -0.478 e. The molecule has 0 aliphatic carbocycles. The smallest absolute Gasteiger partial charge is 0.337 e. The van der Waals surface area contributed by atoms with Crippen LogP contribution >= 0.6 is 0 Å². The van der Waals surface area contributed by atoms with Crippen molar-refractivity contribution in [1.29, 1.82) is 0 Å². The molecule has 1 aromatic rings. The molecule has 0 unspecified atom stereocenters. The molecule has 0 saturated carbocycles. The molecular weight excluding hydrogens is 256 g/mol. The summed E-state index contributed by atoms with van der Waals surface area (Å²) in [7, 11) is 1.62. The van der Waals surface area contributed by atoms with Crippen molar-refractivity contribution in [2.45, 2.75) is 32.2 Å². The first-order chi connectivity index (χ1) is 9.34. The fourth-order valence-electron chi connectivity index (χ4n) is 2.69. The zero-order valence-electron chi connectivity index (χ0n) is 12.1. The lowest BCUT2D eigenvalue weighted by Crippen LogP contribution is -2.49. The number of amides is 2. The summed E-state index contributed by atoms with van der Waals surface area (Å²) >= 11 is 0. The minimum absolute atomic E-state index is 0.139. The number of aromatic carboxylic acids is 1. The summed E-state index contributed by atoms with van der Waals surface area (Å²) in [5.41, 5.74) is 0.386. The summed E-state index contributed by atoms with van der Waals surface area (Å²) in [4.78, 5) is 27.1. The van der Waals surface area contributed by atoms with Crippen molar-refractivity contribution >= 4 is 17.7 Å². The quantitative estimate of drug-likeness (QED) is 0.903. The molecule has 1 aliphatic heterocycles. The van der Waals surface area contributed by atoms with Gasteiger partial charge in [-0.1, -0.05) is 12.1 Å². The second-order valence-electron chi connectivity index (χ2n) is 5.73. The van der Waals surface area contributed by atoms with Crippen LogP contribution in [0.2, 0.25) is 0 Å². The highest BCUT2D eigenvalue weighted by molar-refractivity contribution is 6.01. The lowest BCUT2D eigenvalue weighted by Gasteiger charge is -2.35. The van der Waals surface area contributed by atoms with Gasteiger partial charge in [-0.15, -0.1) is 0 Å². The summed E-state index contributed by atoms with van der Waals surface area (Å²) in [5, 5.41) is 9.21. The molecule has 0 bridgehead atoms. The Balaban J connectivity index is 2.30. The number of benzene rings is 1. The standard InChI is InChI=1S/C15H20N2O3/c1-15(2)9-6-10-17(15)14(20)16(3)12-8-5-4-7-11(12)13(18)19/h4-5,7-8H,6,9-10H2,1-3H3,(H,18,19). The molecule has 108 valence electrons. The summed E-state index contributed by atoms with van der Waals surface area (Å²) < 4.78 is 0. The average molecular weight is 276 g/mol. The van der Waals surface area contributed by atoms with E-state index in [0.29, 0.717) is 12.2 Å². The summed E-state index contributed by atoms with van der Waals surface area (Å²) in [5.74, 6) is -1.03. The largest absolute Gasteiger partial charge is 0.478 e. The summed E-state index contributed by atoms with van der Waals surface area (Å²) in [6.07, 6.45) is 1.94. The van der Waals surface area contributed by atoms with Crippen LogP contribution < -0.4 is 4.90 Å². The lowest BCUT2D eigenvalue weighted by atomic mass is 10.0. The van der Waals surface area contributed by atoms with Gasteiger partial charge >= 0.3 is 12.0 Å². The summed E-state index contributed by atoms with van der Waals surface area (Å²) in [6.45, 7) is 4.79. The second kappa shape index (κ2) is 5.15. The Labute approximate surface area is 118 Å². The van der Waals surface area contributed by atoms with Crippen molar-refractivity contribution < 1.29 is 14.7 Å². The van der Waals surface area contributed by atoms with Crippen molar-refractivity contribution in [2.75, 3.05) is 18.5 Å². The molecule has 20 heavy (non-hydrogen) atoms. The van der Waals surface area contributed by atoms with Crippen molar-refractivity contribution in [2.24, 2.45) is 0 Å². The predicted octanol–water partition coefficient (Wildman–Crippen LogP) is 2.82. The molecule has 1 fully saturated rings.